The molecule has 0 N–H and O–H groups in total. The average Bonchev–Trinajstić information content (AvgIpc) is 3.07. The highest BCUT2D eigenvalue weighted by Gasteiger charge is 2.28. The molecule has 0 aromatic heterocycles. The van der Waals surface area contributed by atoms with Gasteiger partial charge in [-0.05, 0) is 27.8 Å². The largest absolute Gasteiger partial charge is 0.191 e. The van der Waals surface area contributed by atoms with Crippen molar-refractivity contribution in [2.45, 2.75) is 0 Å². The Kier molecular flexibility index (Phi) is 4.26. The van der Waals surface area contributed by atoms with Crippen molar-refractivity contribution in [3.63, 3.8) is 0 Å². The molecule has 0 atom stereocenters. The van der Waals surface area contributed by atoms with Crippen molar-refractivity contribution >= 4 is 16.7 Å². The van der Waals surface area contributed by atoms with Crippen LogP contribution in [-0.2, 0) is 0 Å². The Bertz CT molecular complexity index is 1180. The highest BCUT2D eigenvalue weighted by molar-refractivity contribution is 6.24. The van der Waals surface area contributed by atoms with Gasteiger partial charge in [-0.1, -0.05) is 90.7 Å². The number of benzene rings is 3. The average molecular weight is 342 g/mol. The van der Waals surface area contributed by atoms with Crippen molar-refractivity contribution in [1.82, 2.24) is 0 Å². The minimum Gasteiger partial charge on any atom is -0.191 e. The van der Waals surface area contributed by atoms with E-state index in [9.17, 15) is 10.5 Å². The molecule has 0 fully saturated rings. The van der Waals surface area contributed by atoms with Crippen LogP contribution in [0.15, 0.2) is 96.2 Å². The van der Waals surface area contributed by atoms with E-state index in [2.05, 4.69) is 23.9 Å². The van der Waals surface area contributed by atoms with Gasteiger partial charge in [0.05, 0.1) is 0 Å². The van der Waals surface area contributed by atoms with Gasteiger partial charge in [0.15, 0.2) is 5.57 Å². The molecule has 0 amide bonds. The second kappa shape index (κ2) is 7.03. The normalized spacial score (nSPS) is 12.0. The van der Waals surface area contributed by atoms with Crippen molar-refractivity contribution in [3.05, 3.63) is 118 Å². The smallest absolute Gasteiger partial charge is 0.172 e. The summed E-state index contributed by atoms with van der Waals surface area (Å²) in [5.41, 5.74) is 10.1. The van der Waals surface area contributed by atoms with Gasteiger partial charge in [-0.25, -0.2) is 0 Å². The minimum absolute atomic E-state index is 0.0254. The summed E-state index contributed by atoms with van der Waals surface area (Å²) in [4.78, 5) is 0. The van der Waals surface area contributed by atoms with E-state index in [0.29, 0.717) is 0 Å². The van der Waals surface area contributed by atoms with Crippen molar-refractivity contribution in [2.75, 3.05) is 0 Å². The maximum atomic E-state index is 9.27. The lowest BCUT2D eigenvalue weighted by atomic mass is 9.93. The van der Waals surface area contributed by atoms with Gasteiger partial charge in [0.2, 0.25) is 0 Å². The lowest BCUT2D eigenvalue weighted by Gasteiger charge is -2.09. The van der Waals surface area contributed by atoms with E-state index in [0.717, 1.165) is 39.0 Å². The van der Waals surface area contributed by atoms with Crippen LogP contribution in [-0.4, -0.2) is 0 Å². The number of fused-ring (bicyclic) bond motifs is 1. The summed E-state index contributed by atoms with van der Waals surface area (Å²) in [7, 11) is 0. The molecule has 0 aliphatic heterocycles. The van der Waals surface area contributed by atoms with Gasteiger partial charge in [0.25, 0.3) is 0 Å². The number of nitrogens with zero attached hydrogens (tertiary/aromatic N) is 2. The van der Waals surface area contributed by atoms with Crippen LogP contribution in [0.1, 0.15) is 22.3 Å². The highest BCUT2D eigenvalue weighted by Crippen LogP contribution is 2.48. The van der Waals surface area contributed by atoms with Crippen LogP contribution in [0.3, 0.4) is 0 Å². The zero-order chi connectivity index (χ0) is 18.6. The Labute approximate surface area is 158 Å². The maximum Gasteiger partial charge on any atom is 0.172 e. The van der Waals surface area contributed by atoms with Crippen LogP contribution in [0.25, 0.3) is 16.7 Å². The van der Waals surface area contributed by atoms with Gasteiger partial charge in [0.1, 0.15) is 12.1 Å². The fourth-order valence-corrected chi connectivity index (χ4v) is 3.45. The molecule has 0 spiro atoms. The Morgan fingerprint density at radius 3 is 1.59 bits per heavy atom. The van der Waals surface area contributed by atoms with Crippen LogP contribution < -0.4 is 0 Å². The second-order valence-corrected chi connectivity index (χ2v) is 6.13. The van der Waals surface area contributed by atoms with E-state index in [-0.39, 0.29) is 5.57 Å². The molecule has 0 unspecified atom stereocenters. The Hall–Kier alpha value is -4.10. The molecule has 3 aromatic rings. The number of hydrogen-bond donors (Lipinski definition) is 0. The van der Waals surface area contributed by atoms with Gasteiger partial charge < -0.3 is 0 Å². The summed E-state index contributed by atoms with van der Waals surface area (Å²) in [6.07, 6.45) is 0. The van der Waals surface area contributed by atoms with Gasteiger partial charge in [-0.2, -0.15) is 10.5 Å². The summed E-state index contributed by atoms with van der Waals surface area (Å²) >= 11 is 0. The Morgan fingerprint density at radius 1 is 0.556 bits per heavy atom. The molecular weight excluding hydrogens is 328 g/mol. The quantitative estimate of drug-likeness (QED) is 0.448. The standard InChI is InChI=1S/C25H14N2/c26-16-18(17-27)15-23-21-13-7-8-14-22(21)24(19-9-3-1-4-10-19)25(23)20-11-5-2-6-12-20/h1-14H. The summed E-state index contributed by atoms with van der Waals surface area (Å²) < 4.78 is 0. The van der Waals surface area contributed by atoms with Crippen LogP contribution in [0.2, 0.25) is 0 Å². The first-order chi connectivity index (χ1) is 13.3. The lowest BCUT2D eigenvalue weighted by molar-refractivity contribution is 1.47. The summed E-state index contributed by atoms with van der Waals surface area (Å²) in [5, 5.41) is 18.5. The molecule has 0 bridgehead atoms. The highest BCUT2D eigenvalue weighted by atomic mass is 14.3. The molecule has 2 heteroatoms. The molecule has 3 aromatic carbocycles. The molecule has 4 rings (SSSR count). The molecule has 0 heterocycles. The minimum atomic E-state index is -0.0254. The Morgan fingerprint density at radius 2 is 1.04 bits per heavy atom. The monoisotopic (exact) mass is 342 g/mol. The molecule has 1 aliphatic rings. The Balaban J connectivity index is 2.17. The van der Waals surface area contributed by atoms with Gasteiger partial charge in [0, 0.05) is 11.1 Å². The summed E-state index contributed by atoms with van der Waals surface area (Å²) in [6.45, 7) is 0. The zero-order valence-electron chi connectivity index (χ0n) is 14.5. The third-order valence-electron chi connectivity index (χ3n) is 4.56. The molecule has 124 valence electrons. The number of hydrogen-bond acceptors (Lipinski definition) is 2. The lowest BCUT2D eigenvalue weighted by Crippen LogP contribution is -1.88. The van der Waals surface area contributed by atoms with E-state index < -0.39 is 0 Å². The summed E-state index contributed by atoms with van der Waals surface area (Å²) in [5.74, 6) is 0. The van der Waals surface area contributed by atoms with E-state index in [1.807, 2.05) is 78.9 Å². The predicted molar refractivity (Wildman–Crippen MR) is 107 cm³/mol. The molecule has 1 aliphatic carbocycles. The van der Waals surface area contributed by atoms with Crippen molar-refractivity contribution in [2.24, 2.45) is 0 Å². The number of nitriles is 2. The first-order valence-corrected chi connectivity index (χ1v) is 8.60. The maximum absolute atomic E-state index is 9.27. The third kappa shape index (κ3) is 2.88. The van der Waals surface area contributed by atoms with Gasteiger partial charge >= 0.3 is 0 Å². The van der Waals surface area contributed by atoms with Crippen molar-refractivity contribution in [1.29, 1.82) is 10.5 Å². The van der Waals surface area contributed by atoms with Crippen molar-refractivity contribution in [3.8, 4) is 12.1 Å². The van der Waals surface area contributed by atoms with E-state index in [4.69, 9.17) is 0 Å². The molecular formula is C25H14N2. The van der Waals surface area contributed by atoms with Crippen LogP contribution >= 0.6 is 0 Å². The molecule has 0 radical (unpaired) electrons. The number of allylic oxidation sites excluding steroid dienone is 2. The predicted octanol–water partition coefficient (Wildman–Crippen LogP) is 5.62. The molecule has 2 nitrogen and oxygen atoms in total. The van der Waals surface area contributed by atoms with Crippen LogP contribution in [0.4, 0.5) is 0 Å². The first kappa shape index (κ1) is 16.4. The van der Waals surface area contributed by atoms with Gasteiger partial charge in [-0.15, -0.1) is 0 Å². The fraction of sp³-hybridized carbons (Fsp3) is 0. The first-order valence-electron chi connectivity index (χ1n) is 8.60. The van der Waals surface area contributed by atoms with Crippen LogP contribution in [0, 0.1) is 22.7 Å². The SMILES string of the molecule is N#CC(=C=C1C(c2ccccc2)=C(c2ccccc2)c2ccccc21)C#N. The van der Waals surface area contributed by atoms with Gasteiger partial charge in [-0.3, -0.25) is 0 Å². The van der Waals surface area contributed by atoms with E-state index >= 15 is 0 Å². The fourth-order valence-electron chi connectivity index (χ4n) is 3.45. The molecule has 0 saturated heterocycles. The molecule has 0 saturated carbocycles. The third-order valence-corrected chi connectivity index (χ3v) is 4.56. The number of rotatable bonds is 2. The molecule has 27 heavy (non-hydrogen) atoms. The second-order valence-electron chi connectivity index (χ2n) is 6.13. The van der Waals surface area contributed by atoms with E-state index in [1.165, 1.54) is 0 Å². The van der Waals surface area contributed by atoms with Crippen molar-refractivity contribution < 1.29 is 0 Å². The topological polar surface area (TPSA) is 47.6 Å². The zero-order valence-corrected chi connectivity index (χ0v) is 14.5. The van der Waals surface area contributed by atoms with Crippen LogP contribution in [0.5, 0.6) is 0 Å². The van der Waals surface area contributed by atoms with E-state index in [1.54, 1.807) is 0 Å². The summed E-state index contributed by atoms with van der Waals surface area (Å²) in [6, 6.07) is 32.2.